The summed E-state index contributed by atoms with van der Waals surface area (Å²) in [5.74, 6) is 4.30. The van der Waals surface area contributed by atoms with Gasteiger partial charge in [-0.05, 0) is 123 Å². The van der Waals surface area contributed by atoms with E-state index in [2.05, 4.69) is 204 Å². The van der Waals surface area contributed by atoms with Crippen LogP contribution in [0.15, 0.2) is 164 Å². The Bertz CT molecular complexity index is 3300. The van der Waals surface area contributed by atoms with E-state index in [1.807, 2.05) is 24.4 Å². The normalized spacial score (nSPS) is 11.9. The largest absolute Gasteiger partial charge is 0.457 e. The number of fused-ring (bicyclic) bond motifs is 5. The van der Waals surface area contributed by atoms with Crippen molar-refractivity contribution < 1.29 is 4.74 Å². The SMILES string of the molecule is CC(C)c1cc(-c2ccccc2)cc(C(C)C)c1-c1nc2ccc(Oc3cccc(-c4nccn4-c4c(C(C)C)cc(-c5ccccc5)cc4C(C)C)c3)cc2c2nc3ccccc3n12. The first-order valence-electron chi connectivity index (χ1n) is 23.0. The molecular weight excluding hydrogens is 795 g/mol. The summed E-state index contributed by atoms with van der Waals surface area (Å²) >= 11 is 0. The number of imidazole rings is 2. The van der Waals surface area contributed by atoms with E-state index in [0.717, 1.165) is 50.5 Å². The summed E-state index contributed by atoms with van der Waals surface area (Å²) in [5, 5.41) is 0.925. The van der Waals surface area contributed by atoms with Gasteiger partial charge >= 0.3 is 0 Å². The lowest BCUT2D eigenvalue weighted by Crippen LogP contribution is -2.08. The van der Waals surface area contributed by atoms with Crippen LogP contribution in [0.5, 0.6) is 11.5 Å². The van der Waals surface area contributed by atoms with Crippen molar-refractivity contribution in [1.29, 1.82) is 0 Å². The molecule has 0 aliphatic heterocycles. The molecule has 65 heavy (non-hydrogen) atoms. The number of aromatic nitrogens is 5. The molecule has 0 saturated carbocycles. The first-order valence-corrected chi connectivity index (χ1v) is 23.0. The number of benzene rings is 7. The first-order chi connectivity index (χ1) is 31.5. The maximum atomic E-state index is 6.75. The van der Waals surface area contributed by atoms with Crippen molar-refractivity contribution in [3.63, 3.8) is 0 Å². The van der Waals surface area contributed by atoms with Gasteiger partial charge in [-0.3, -0.25) is 8.97 Å². The third kappa shape index (κ3) is 7.67. The maximum absolute atomic E-state index is 6.75. The van der Waals surface area contributed by atoms with Crippen LogP contribution in [0.25, 0.3) is 78.3 Å². The van der Waals surface area contributed by atoms with Crippen LogP contribution < -0.4 is 4.74 Å². The van der Waals surface area contributed by atoms with Crippen LogP contribution in [0.1, 0.15) is 101 Å². The van der Waals surface area contributed by atoms with E-state index in [-0.39, 0.29) is 11.8 Å². The summed E-state index contributed by atoms with van der Waals surface area (Å²) in [7, 11) is 0. The molecule has 0 aliphatic carbocycles. The summed E-state index contributed by atoms with van der Waals surface area (Å²) in [6.07, 6.45) is 3.99. The average molecular weight is 850 g/mol. The summed E-state index contributed by atoms with van der Waals surface area (Å²) < 4.78 is 11.3. The zero-order chi connectivity index (χ0) is 44.9. The van der Waals surface area contributed by atoms with Crippen LogP contribution in [0.4, 0.5) is 0 Å². The van der Waals surface area contributed by atoms with Crippen molar-refractivity contribution in [1.82, 2.24) is 23.9 Å². The minimum atomic E-state index is 0.257. The summed E-state index contributed by atoms with van der Waals surface area (Å²) in [5.41, 5.74) is 17.0. The molecule has 6 heteroatoms. The van der Waals surface area contributed by atoms with Crippen LogP contribution in [0, 0.1) is 0 Å². The molecule has 0 saturated heterocycles. The molecule has 7 aromatic carbocycles. The lowest BCUT2D eigenvalue weighted by atomic mass is 9.84. The highest BCUT2D eigenvalue weighted by Gasteiger charge is 2.25. The minimum absolute atomic E-state index is 0.257. The molecule has 322 valence electrons. The van der Waals surface area contributed by atoms with E-state index in [9.17, 15) is 0 Å². The van der Waals surface area contributed by atoms with Gasteiger partial charge in [-0.1, -0.05) is 152 Å². The first kappa shape index (κ1) is 41.7. The van der Waals surface area contributed by atoms with Gasteiger partial charge in [0.2, 0.25) is 0 Å². The number of hydrogen-bond donors (Lipinski definition) is 0. The molecule has 0 aliphatic rings. The van der Waals surface area contributed by atoms with Gasteiger partial charge in [-0.2, -0.15) is 0 Å². The number of ether oxygens (including phenoxy) is 1. The molecular formula is C59H55N5O. The third-order valence-electron chi connectivity index (χ3n) is 12.7. The summed E-state index contributed by atoms with van der Waals surface area (Å²) in [4.78, 5) is 15.8. The second kappa shape index (κ2) is 17.0. The average Bonchev–Trinajstić information content (AvgIpc) is 3.97. The lowest BCUT2D eigenvalue weighted by Gasteiger charge is -2.24. The van der Waals surface area contributed by atoms with E-state index in [1.54, 1.807) is 0 Å². The van der Waals surface area contributed by atoms with E-state index in [0.29, 0.717) is 17.6 Å². The van der Waals surface area contributed by atoms with Crippen molar-refractivity contribution >= 4 is 27.6 Å². The zero-order valence-electron chi connectivity index (χ0n) is 38.5. The van der Waals surface area contributed by atoms with Crippen LogP contribution >= 0.6 is 0 Å². The van der Waals surface area contributed by atoms with Gasteiger partial charge in [-0.15, -0.1) is 0 Å². The molecule has 0 fully saturated rings. The highest BCUT2D eigenvalue weighted by atomic mass is 16.5. The van der Waals surface area contributed by atoms with Gasteiger partial charge in [0.25, 0.3) is 0 Å². The van der Waals surface area contributed by atoms with Crippen LogP contribution in [-0.2, 0) is 0 Å². The molecule has 3 heterocycles. The van der Waals surface area contributed by atoms with E-state index in [1.165, 1.54) is 55.8 Å². The molecule has 3 aromatic heterocycles. The van der Waals surface area contributed by atoms with Gasteiger partial charge in [0, 0.05) is 28.9 Å². The molecule has 10 rings (SSSR count). The van der Waals surface area contributed by atoms with Gasteiger partial charge in [0.1, 0.15) is 28.8 Å². The van der Waals surface area contributed by atoms with Crippen molar-refractivity contribution in [2.75, 3.05) is 0 Å². The van der Waals surface area contributed by atoms with Crippen molar-refractivity contribution in [2.24, 2.45) is 0 Å². The summed E-state index contributed by atoms with van der Waals surface area (Å²) in [6.45, 7) is 18.2. The molecule has 0 bridgehead atoms. The second-order valence-electron chi connectivity index (χ2n) is 18.5. The molecule has 0 radical (unpaired) electrons. The number of rotatable bonds is 11. The number of hydrogen-bond acceptors (Lipinski definition) is 4. The smallest absolute Gasteiger partial charge is 0.149 e. The van der Waals surface area contributed by atoms with Crippen LogP contribution in [0.2, 0.25) is 0 Å². The Hall–Kier alpha value is -7.31. The number of nitrogens with zero attached hydrogens (tertiary/aromatic N) is 5. The molecule has 0 atom stereocenters. The van der Waals surface area contributed by atoms with Gasteiger partial charge in [0.15, 0.2) is 0 Å². The lowest BCUT2D eigenvalue weighted by molar-refractivity contribution is 0.483. The topological polar surface area (TPSA) is 57.2 Å². The predicted molar refractivity (Wildman–Crippen MR) is 270 cm³/mol. The Balaban J connectivity index is 1.07. The Labute approximate surface area is 382 Å². The van der Waals surface area contributed by atoms with Crippen LogP contribution in [-0.4, -0.2) is 23.9 Å². The number of para-hydroxylation sites is 2. The maximum Gasteiger partial charge on any atom is 0.149 e. The van der Waals surface area contributed by atoms with Crippen LogP contribution in [0.3, 0.4) is 0 Å². The molecule has 0 spiro atoms. The fourth-order valence-electron chi connectivity index (χ4n) is 9.43. The molecule has 10 aromatic rings. The monoisotopic (exact) mass is 849 g/mol. The van der Waals surface area contributed by atoms with E-state index >= 15 is 0 Å². The second-order valence-corrected chi connectivity index (χ2v) is 18.5. The van der Waals surface area contributed by atoms with E-state index < -0.39 is 0 Å². The third-order valence-corrected chi connectivity index (χ3v) is 12.7. The molecule has 0 unspecified atom stereocenters. The Kier molecular flexibility index (Phi) is 10.9. The van der Waals surface area contributed by atoms with Crippen molar-refractivity contribution in [2.45, 2.75) is 79.1 Å². The Morgan fingerprint density at radius 2 is 1.00 bits per heavy atom. The molecule has 6 nitrogen and oxygen atoms in total. The fourth-order valence-corrected chi connectivity index (χ4v) is 9.43. The quantitative estimate of drug-likeness (QED) is 0.130. The highest BCUT2D eigenvalue weighted by molar-refractivity contribution is 5.99. The predicted octanol–water partition coefficient (Wildman–Crippen LogP) is 16.2. The van der Waals surface area contributed by atoms with E-state index in [4.69, 9.17) is 19.7 Å². The Morgan fingerprint density at radius 1 is 0.446 bits per heavy atom. The van der Waals surface area contributed by atoms with Gasteiger partial charge in [0.05, 0.1) is 22.2 Å². The molecule has 0 N–H and O–H groups in total. The van der Waals surface area contributed by atoms with Gasteiger partial charge < -0.3 is 4.74 Å². The van der Waals surface area contributed by atoms with Crippen molar-refractivity contribution in [3.05, 3.63) is 186 Å². The highest BCUT2D eigenvalue weighted by Crippen LogP contribution is 2.43. The van der Waals surface area contributed by atoms with Gasteiger partial charge in [-0.25, -0.2) is 15.0 Å². The van der Waals surface area contributed by atoms with Crippen molar-refractivity contribution in [3.8, 4) is 62.2 Å². The Morgan fingerprint density at radius 3 is 1.62 bits per heavy atom. The molecule has 0 amide bonds. The minimum Gasteiger partial charge on any atom is -0.457 e. The standard InChI is InChI=1S/C59H55N5O/c1-36(2)47-31-43(40-18-11-9-12-19-40)32-48(37(3)4)55(47)59-61-52-27-26-46(35-51(52)58-62-53-24-15-16-25-54(53)64(58)59)65-45-23-17-22-42(30-45)57-60-28-29-63(57)56-49(38(5)6)33-44(34-50(56)39(7)8)41-20-13-10-14-21-41/h9-39H,1-8H3. The summed E-state index contributed by atoms with van der Waals surface area (Å²) in [6, 6.07) is 53.6. The zero-order valence-corrected chi connectivity index (χ0v) is 38.5. The fraction of sp³-hybridized carbons (Fsp3) is 0.203.